The fourth-order valence-electron chi connectivity index (χ4n) is 10.8. The normalized spacial score (nSPS) is 12.1. The molecule has 0 spiro atoms. The minimum absolute atomic E-state index is 0.800. The molecule has 318 valence electrons. The van der Waals surface area contributed by atoms with Crippen LogP contribution >= 0.6 is 0 Å². The molecule has 0 N–H and O–H groups in total. The summed E-state index contributed by atoms with van der Waals surface area (Å²) in [5.41, 5.74) is 12.8. The van der Waals surface area contributed by atoms with Crippen LogP contribution in [0.2, 0.25) is 0 Å². The van der Waals surface area contributed by atoms with Gasteiger partial charge in [0.2, 0.25) is 0 Å². The maximum Gasteiger partial charge on any atom is 0.138 e. The summed E-state index contributed by atoms with van der Waals surface area (Å²) in [6.07, 6.45) is 0. The van der Waals surface area contributed by atoms with Crippen LogP contribution < -0.4 is 9.80 Å². The van der Waals surface area contributed by atoms with Crippen molar-refractivity contribution in [3.05, 3.63) is 218 Å². The van der Waals surface area contributed by atoms with Crippen molar-refractivity contribution in [2.24, 2.45) is 0 Å². The van der Waals surface area contributed by atoms with Gasteiger partial charge in [0.25, 0.3) is 0 Å². The molecule has 15 aromatic rings. The Morgan fingerprint density at radius 2 is 0.559 bits per heavy atom. The molecule has 11 aromatic carbocycles. The number of rotatable bonds is 6. The molecule has 4 aromatic heterocycles. The highest BCUT2D eigenvalue weighted by Crippen LogP contribution is 2.49. The number of nitrogens with zero attached hydrogens (tertiary/aromatic N) is 2. The average molecular weight is 873 g/mol. The summed E-state index contributed by atoms with van der Waals surface area (Å²) in [5.74, 6) is 0. The number of hydrogen-bond acceptors (Lipinski definition) is 6. The van der Waals surface area contributed by atoms with Crippen molar-refractivity contribution in [2.45, 2.75) is 0 Å². The molecular weight excluding hydrogens is 837 g/mol. The smallest absolute Gasteiger partial charge is 0.138 e. The van der Waals surface area contributed by atoms with Crippen LogP contribution in [0, 0.1) is 0 Å². The number of hydrogen-bond donors (Lipinski definition) is 0. The third-order valence-electron chi connectivity index (χ3n) is 13.8. The highest BCUT2D eigenvalue weighted by atomic mass is 16.3. The molecule has 0 saturated carbocycles. The molecule has 0 fully saturated rings. The summed E-state index contributed by atoms with van der Waals surface area (Å²) in [6.45, 7) is 0. The molecule has 15 rings (SSSR count). The summed E-state index contributed by atoms with van der Waals surface area (Å²) >= 11 is 0. The van der Waals surface area contributed by atoms with Crippen molar-refractivity contribution in [3.63, 3.8) is 0 Å². The Bertz CT molecular complexity index is 4230. The van der Waals surface area contributed by atoms with Crippen LogP contribution in [0.5, 0.6) is 0 Å². The lowest BCUT2D eigenvalue weighted by atomic mass is 9.98. The van der Waals surface area contributed by atoms with Gasteiger partial charge in [0.1, 0.15) is 44.7 Å². The minimum Gasteiger partial charge on any atom is -0.456 e. The maximum absolute atomic E-state index is 7.01. The van der Waals surface area contributed by atoms with Gasteiger partial charge >= 0.3 is 0 Å². The molecule has 0 radical (unpaired) electrons. The van der Waals surface area contributed by atoms with E-state index in [9.17, 15) is 0 Å². The number of para-hydroxylation sites is 4. The van der Waals surface area contributed by atoms with Gasteiger partial charge < -0.3 is 27.5 Å². The molecule has 6 nitrogen and oxygen atoms in total. The average Bonchev–Trinajstić information content (AvgIpc) is 4.16. The van der Waals surface area contributed by atoms with Crippen LogP contribution in [0.25, 0.3) is 109 Å². The summed E-state index contributed by atoms with van der Waals surface area (Å²) in [6, 6.07) is 76.5. The zero-order valence-corrected chi connectivity index (χ0v) is 36.3. The second kappa shape index (κ2) is 14.1. The molecule has 0 aliphatic rings. The van der Waals surface area contributed by atoms with Gasteiger partial charge in [0, 0.05) is 88.7 Å². The number of fused-ring (bicyclic) bond motifs is 16. The quantitative estimate of drug-likeness (QED) is 0.166. The van der Waals surface area contributed by atoms with Crippen LogP contribution in [0.4, 0.5) is 34.1 Å². The first-order valence-electron chi connectivity index (χ1n) is 22.9. The van der Waals surface area contributed by atoms with Gasteiger partial charge in [-0.1, -0.05) is 121 Å². The Morgan fingerprint density at radius 3 is 1.00 bits per heavy atom. The van der Waals surface area contributed by atoms with E-state index < -0.39 is 0 Å². The Morgan fingerprint density at radius 1 is 0.206 bits per heavy atom. The molecule has 0 atom stereocenters. The zero-order chi connectivity index (χ0) is 44.5. The first kappa shape index (κ1) is 37.0. The van der Waals surface area contributed by atoms with Gasteiger partial charge in [-0.25, -0.2) is 0 Å². The van der Waals surface area contributed by atoms with E-state index in [4.69, 9.17) is 17.7 Å². The number of anilines is 6. The predicted octanol–water partition coefficient (Wildman–Crippen LogP) is 18.5. The van der Waals surface area contributed by atoms with Crippen molar-refractivity contribution < 1.29 is 17.7 Å². The Hall–Kier alpha value is -9.26. The summed E-state index contributed by atoms with van der Waals surface area (Å²) < 4.78 is 26.6. The Balaban J connectivity index is 0.942. The van der Waals surface area contributed by atoms with E-state index in [0.717, 1.165) is 143 Å². The van der Waals surface area contributed by atoms with E-state index in [1.165, 1.54) is 0 Å². The van der Waals surface area contributed by atoms with Gasteiger partial charge in [0.15, 0.2) is 0 Å². The first-order valence-corrected chi connectivity index (χ1v) is 22.9. The molecule has 0 saturated heterocycles. The summed E-state index contributed by atoms with van der Waals surface area (Å²) in [7, 11) is 0. The van der Waals surface area contributed by atoms with E-state index in [0.29, 0.717) is 0 Å². The fourth-order valence-corrected chi connectivity index (χ4v) is 10.8. The minimum atomic E-state index is 0.800. The molecule has 0 unspecified atom stereocenters. The Kier molecular flexibility index (Phi) is 7.69. The SMILES string of the molecule is c1ccc(N(c2ccc3oc4ccccc4c3c2)c2cc3oc4cc5c(cc4c3c3ccccc23)oc2cc(N(c3ccccc3)c3ccc4oc6ccccc6c4c3)c3ccccc3c25)cc1. The predicted molar refractivity (Wildman–Crippen MR) is 280 cm³/mol. The van der Waals surface area contributed by atoms with Crippen LogP contribution in [0.15, 0.2) is 236 Å². The topological polar surface area (TPSA) is 59.0 Å². The molecular formula is C62H36N2O4. The molecule has 0 bridgehead atoms. The number of benzene rings is 11. The van der Waals surface area contributed by atoms with Crippen LogP contribution in [-0.2, 0) is 0 Å². The largest absolute Gasteiger partial charge is 0.456 e. The summed E-state index contributed by atoms with van der Waals surface area (Å²) in [5, 5.41) is 12.8. The third-order valence-corrected chi connectivity index (χ3v) is 13.8. The van der Waals surface area contributed by atoms with Crippen molar-refractivity contribution in [1.29, 1.82) is 0 Å². The lowest BCUT2D eigenvalue weighted by molar-refractivity contribution is 0.664. The van der Waals surface area contributed by atoms with Gasteiger partial charge in [-0.15, -0.1) is 0 Å². The lowest BCUT2D eigenvalue weighted by Gasteiger charge is -2.27. The second-order valence-electron chi connectivity index (χ2n) is 17.6. The van der Waals surface area contributed by atoms with E-state index in [-0.39, 0.29) is 0 Å². The molecule has 0 aliphatic carbocycles. The van der Waals surface area contributed by atoms with E-state index in [1.807, 2.05) is 24.3 Å². The molecule has 68 heavy (non-hydrogen) atoms. The molecule has 6 heteroatoms. The maximum atomic E-state index is 7.01. The third kappa shape index (κ3) is 5.40. The molecule has 0 amide bonds. The van der Waals surface area contributed by atoms with E-state index in [2.05, 4.69) is 204 Å². The van der Waals surface area contributed by atoms with Crippen molar-refractivity contribution >= 4 is 143 Å². The van der Waals surface area contributed by atoms with Gasteiger partial charge in [-0.05, 0) is 95.7 Å². The zero-order valence-electron chi connectivity index (χ0n) is 36.3. The van der Waals surface area contributed by atoms with Crippen LogP contribution in [0.1, 0.15) is 0 Å². The van der Waals surface area contributed by atoms with Crippen molar-refractivity contribution in [3.8, 4) is 0 Å². The van der Waals surface area contributed by atoms with Gasteiger partial charge in [-0.2, -0.15) is 0 Å². The Labute approximate surface area is 387 Å². The van der Waals surface area contributed by atoms with E-state index >= 15 is 0 Å². The van der Waals surface area contributed by atoms with E-state index in [1.54, 1.807) is 0 Å². The fraction of sp³-hybridized carbons (Fsp3) is 0. The monoisotopic (exact) mass is 872 g/mol. The first-order chi connectivity index (χ1) is 33.7. The standard InChI is InChI=1S/C62H36N2O4/c1-3-15-37(16-4-1)63(39-27-29-55-47(31-39)43-21-11-13-25-53(43)65-55)51-35-59-61(45-23-9-7-19-41(45)51)49-33-58-50(34-57(49)67-59)62-46-24-10-8-20-42(46)52(36-60(62)68-58)64(38-17-5-2-6-18-38)40-28-30-56-48(32-40)44-22-12-14-26-54(44)66-56/h1-36H. The summed E-state index contributed by atoms with van der Waals surface area (Å²) in [4.78, 5) is 4.65. The van der Waals surface area contributed by atoms with Crippen molar-refractivity contribution in [1.82, 2.24) is 0 Å². The van der Waals surface area contributed by atoms with Crippen LogP contribution in [-0.4, -0.2) is 0 Å². The highest BCUT2D eigenvalue weighted by molar-refractivity contribution is 6.28. The van der Waals surface area contributed by atoms with Gasteiger partial charge in [-0.3, -0.25) is 0 Å². The van der Waals surface area contributed by atoms with Gasteiger partial charge in [0.05, 0.1) is 11.4 Å². The van der Waals surface area contributed by atoms with Crippen LogP contribution in [0.3, 0.4) is 0 Å². The molecule has 4 heterocycles. The lowest BCUT2D eigenvalue weighted by Crippen LogP contribution is -2.10. The second-order valence-corrected chi connectivity index (χ2v) is 17.6. The molecule has 0 aliphatic heterocycles. The number of furan rings is 4. The highest BCUT2D eigenvalue weighted by Gasteiger charge is 2.25. The van der Waals surface area contributed by atoms with Crippen molar-refractivity contribution in [2.75, 3.05) is 9.80 Å².